The van der Waals surface area contributed by atoms with E-state index in [0.29, 0.717) is 16.5 Å². The predicted octanol–water partition coefficient (Wildman–Crippen LogP) is 3.19. The van der Waals surface area contributed by atoms with Crippen LogP contribution in [0.5, 0.6) is 0 Å². The second-order valence-electron chi connectivity index (χ2n) is 5.52. The fourth-order valence-corrected chi connectivity index (χ4v) is 2.71. The molecule has 21 heavy (non-hydrogen) atoms. The van der Waals surface area contributed by atoms with Gasteiger partial charge in [0.25, 0.3) is 5.91 Å². The summed E-state index contributed by atoms with van der Waals surface area (Å²) >= 11 is 5.75. The maximum absolute atomic E-state index is 11.8. The van der Waals surface area contributed by atoms with Crippen LogP contribution >= 0.6 is 11.6 Å². The Balaban J connectivity index is 1.78. The van der Waals surface area contributed by atoms with Crippen LogP contribution in [0.3, 0.4) is 0 Å². The molecule has 2 atom stereocenters. The molecule has 1 aliphatic carbocycles. The van der Waals surface area contributed by atoms with E-state index >= 15 is 0 Å². The predicted molar refractivity (Wildman–Crippen MR) is 81.3 cm³/mol. The van der Waals surface area contributed by atoms with E-state index in [4.69, 9.17) is 16.3 Å². The van der Waals surface area contributed by atoms with Crippen LogP contribution in [0, 0.1) is 5.92 Å². The molecular weight excluding hydrogens is 290 g/mol. The van der Waals surface area contributed by atoms with Crippen molar-refractivity contribution >= 4 is 23.5 Å². The summed E-state index contributed by atoms with van der Waals surface area (Å²) in [6.07, 6.45) is 4.49. The number of halogens is 1. The number of carbonyl (C=O) groups is 2. The molecule has 0 radical (unpaired) electrons. The summed E-state index contributed by atoms with van der Waals surface area (Å²) in [6, 6.07) is 6.57. The SMILES string of the molecule is C[C@H]1CCCC[C@@H]1NC(=O)COC(=O)c1ccc(Cl)cc1. The monoisotopic (exact) mass is 309 g/mol. The standard InChI is InChI=1S/C16H20ClNO3/c1-11-4-2-3-5-14(11)18-15(19)10-21-16(20)12-6-8-13(17)9-7-12/h6-9,11,14H,2-5,10H2,1H3,(H,18,19)/t11-,14-/m0/s1. The maximum atomic E-state index is 11.8. The van der Waals surface area contributed by atoms with Crippen molar-refractivity contribution in [2.45, 2.75) is 38.6 Å². The van der Waals surface area contributed by atoms with Gasteiger partial charge in [0.15, 0.2) is 6.61 Å². The molecule has 0 saturated heterocycles. The maximum Gasteiger partial charge on any atom is 0.338 e. The highest BCUT2D eigenvalue weighted by Gasteiger charge is 2.23. The minimum Gasteiger partial charge on any atom is -0.452 e. The van der Waals surface area contributed by atoms with Crippen LogP contribution in [-0.4, -0.2) is 24.5 Å². The summed E-state index contributed by atoms with van der Waals surface area (Å²) in [5.41, 5.74) is 0.387. The van der Waals surface area contributed by atoms with Gasteiger partial charge in [-0.3, -0.25) is 4.79 Å². The van der Waals surface area contributed by atoms with Gasteiger partial charge in [-0.05, 0) is 43.0 Å². The van der Waals surface area contributed by atoms with E-state index in [2.05, 4.69) is 12.2 Å². The lowest BCUT2D eigenvalue weighted by Crippen LogP contribution is -2.42. The first kappa shape index (κ1) is 15.8. The molecule has 5 heteroatoms. The van der Waals surface area contributed by atoms with Crippen molar-refractivity contribution in [3.8, 4) is 0 Å². The molecule has 2 rings (SSSR count). The molecule has 1 amide bonds. The Morgan fingerprint density at radius 3 is 2.57 bits per heavy atom. The topological polar surface area (TPSA) is 55.4 Å². The number of nitrogens with one attached hydrogen (secondary N) is 1. The molecule has 0 bridgehead atoms. The Labute approximate surface area is 129 Å². The van der Waals surface area contributed by atoms with Gasteiger partial charge in [-0.1, -0.05) is 31.4 Å². The highest BCUT2D eigenvalue weighted by molar-refractivity contribution is 6.30. The highest BCUT2D eigenvalue weighted by Crippen LogP contribution is 2.23. The Bertz CT molecular complexity index is 501. The van der Waals surface area contributed by atoms with Crippen molar-refractivity contribution in [2.75, 3.05) is 6.61 Å². The van der Waals surface area contributed by atoms with Crippen LogP contribution in [-0.2, 0) is 9.53 Å². The summed E-state index contributed by atoms with van der Waals surface area (Å²) in [6.45, 7) is 1.90. The Morgan fingerprint density at radius 2 is 1.90 bits per heavy atom. The second-order valence-corrected chi connectivity index (χ2v) is 5.96. The average Bonchev–Trinajstić information content (AvgIpc) is 2.48. The van der Waals surface area contributed by atoms with Gasteiger partial charge >= 0.3 is 5.97 Å². The van der Waals surface area contributed by atoms with Crippen molar-refractivity contribution in [1.29, 1.82) is 0 Å². The van der Waals surface area contributed by atoms with Crippen molar-refractivity contribution in [2.24, 2.45) is 5.92 Å². The third-order valence-corrected chi connectivity index (χ3v) is 4.12. The Morgan fingerprint density at radius 1 is 1.24 bits per heavy atom. The van der Waals surface area contributed by atoms with E-state index in [9.17, 15) is 9.59 Å². The molecule has 1 saturated carbocycles. The zero-order chi connectivity index (χ0) is 15.2. The number of amides is 1. The average molecular weight is 310 g/mol. The Hall–Kier alpha value is -1.55. The van der Waals surface area contributed by atoms with Gasteiger partial charge in [0.1, 0.15) is 0 Å². The molecule has 1 aliphatic rings. The summed E-state index contributed by atoms with van der Waals surface area (Å²) in [4.78, 5) is 23.6. The van der Waals surface area contributed by atoms with Crippen molar-refractivity contribution in [1.82, 2.24) is 5.32 Å². The first-order chi connectivity index (χ1) is 10.1. The van der Waals surface area contributed by atoms with Crippen LogP contribution in [0.4, 0.5) is 0 Å². The molecular formula is C16H20ClNO3. The molecule has 1 N–H and O–H groups in total. The van der Waals surface area contributed by atoms with Gasteiger partial charge in [0.05, 0.1) is 5.56 Å². The van der Waals surface area contributed by atoms with Gasteiger partial charge in [-0.15, -0.1) is 0 Å². The summed E-state index contributed by atoms with van der Waals surface area (Å²) in [5.74, 6) is -0.274. The summed E-state index contributed by atoms with van der Waals surface area (Å²) in [5, 5.41) is 3.50. The molecule has 0 heterocycles. The molecule has 1 fully saturated rings. The van der Waals surface area contributed by atoms with Crippen molar-refractivity contribution < 1.29 is 14.3 Å². The quantitative estimate of drug-likeness (QED) is 0.869. The lowest BCUT2D eigenvalue weighted by molar-refractivity contribution is -0.125. The van der Waals surface area contributed by atoms with Crippen LogP contribution in [0.25, 0.3) is 0 Å². The van der Waals surface area contributed by atoms with E-state index in [1.54, 1.807) is 24.3 Å². The van der Waals surface area contributed by atoms with Crippen LogP contribution < -0.4 is 5.32 Å². The van der Waals surface area contributed by atoms with Gasteiger partial charge in [-0.2, -0.15) is 0 Å². The van der Waals surface area contributed by atoms with Crippen molar-refractivity contribution in [3.05, 3.63) is 34.9 Å². The van der Waals surface area contributed by atoms with Gasteiger partial charge in [0, 0.05) is 11.1 Å². The number of ether oxygens (including phenoxy) is 1. The molecule has 4 nitrogen and oxygen atoms in total. The van der Waals surface area contributed by atoms with Gasteiger partial charge < -0.3 is 10.1 Å². The largest absolute Gasteiger partial charge is 0.452 e. The van der Waals surface area contributed by atoms with Crippen LogP contribution in [0.15, 0.2) is 24.3 Å². The van der Waals surface area contributed by atoms with E-state index in [1.807, 2.05) is 0 Å². The zero-order valence-electron chi connectivity index (χ0n) is 12.1. The first-order valence-corrected chi connectivity index (χ1v) is 7.66. The number of hydrogen-bond donors (Lipinski definition) is 1. The number of rotatable bonds is 4. The lowest BCUT2D eigenvalue weighted by Gasteiger charge is -2.29. The van der Waals surface area contributed by atoms with Crippen LogP contribution in [0.1, 0.15) is 43.0 Å². The van der Waals surface area contributed by atoms with E-state index < -0.39 is 5.97 Å². The Kier molecular flexibility index (Phi) is 5.62. The molecule has 114 valence electrons. The minimum absolute atomic E-state index is 0.195. The highest BCUT2D eigenvalue weighted by atomic mass is 35.5. The molecule has 1 aromatic carbocycles. The zero-order valence-corrected chi connectivity index (χ0v) is 12.9. The first-order valence-electron chi connectivity index (χ1n) is 7.28. The molecule has 0 aliphatic heterocycles. The fraction of sp³-hybridized carbons (Fsp3) is 0.500. The minimum atomic E-state index is -0.515. The number of hydrogen-bond acceptors (Lipinski definition) is 3. The van der Waals surface area contributed by atoms with Crippen molar-refractivity contribution in [3.63, 3.8) is 0 Å². The van der Waals surface area contributed by atoms with E-state index in [-0.39, 0.29) is 18.6 Å². The van der Waals surface area contributed by atoms with Crippen LogP contribution in [0.2, 0.25) is 5.02 Å². The molecule has 0 aromatic heterocycles. The lowest BCUT2D eigenvalue weighted by atomic mass is 9.86. The normalized spacial score (nSPS) is 21.6. The van der Waals surface area contributed by atoms with Gasteiger partial charge in [-0.25, -0.2) is 4.79 Å². The molecule has 0 unspecified atom stereocenters. The number of esters is 1. The second kappa shape index (κ2) is 7.46. The molecule has 0 spiro atoms. The fourth-order valence-electron chi connectivity index (χ4n) is 2.58. The van der Waals surface area contributed by atoms with E-state index in [0.717, 1.165) is 19.3 Å². The third kappa shape index (κ3) is 4.74. The van der Waals surface area contributed by atoms with E-state index in [1.165, 1.54) is 6.42 Å². The summed E-state index contributed by atoms with van der Waals surface area (Å²) < 4.78 is 5.01. The third-order valence-electron chi connectivity index (χ3n) is 3.87. The summed E-state index contributed by atoms with van der Waals surface area (Å²) in [7, 11) is 0. The smallest absolute Gasteiger partial charge is 0.338 e. The molecule has 1 aromatic rings. The number of carbonyl (C=O) groups excluding carboxylic acids is 2. The number of benzene rings is 1. The van der Waals surface area contributed by atoms with Gasteiger partial charge in [0.2, 0.25) is 0 Å².